The fourth-order valence-electron chi connectivity index (χ4n) is 1.92. The lowest BCUT2D eigenvalue weighted by molar-refractivity contribution is -0.385. The largest absolute Gasteiger partial charge is 0.457 e. The SMILES string of the molecule is Cc1cc(Oc2cccc([N+](=O)[O-])c2C)ccc1CCl. The van der Waals surface area contributed by atoms with Crippen LogP contribution < -0.4 is 4.74 Å². The molecule has 0 fully saturated rings. The van der Waals surface area contributed by atoms with Crippen LogP contribution in [-0.4, -0.2) is 4.92 Å². The van der Waals surface area contributed by atoms with Crippen LogP contribution >= 0.6 is 11.6 Å². The molecule has 0 aliphatic rings. The molecule has 0 saturated carbocycles. The summed E-state index contributed by atoms with van der Waals surface area (Å²) in [5.41, 5.74) is 2.63. The van der Waals surface area contributed by atoms with Crippen LogP contribution in [0.3, 0.4) is 0 Å². The van der Waals surface area contributed by atoms with E-state index in [0.717, 1.165) is 11.1 Å². The molecule has 2 aromatic rings. The summed E-state index contributed by atoms with van der Waals surface area (Å²) in [6.07, 6.45) is 0. The van der Waals surface area contributed by atoms with Crippen LogP contribution in [0.2, 0.25) is 0 Å². The molecule has 5 heteroatoms. The van der Waals surface area contributed by atoms with Gasteiger partial charge < -0.3 is 4.74 Å². The van der Waals surface area contributed by atoms with E-state index < -0.39 is 4.92 Å². The second kappa shape index (κ2) is 5.92. The van der Waals surface area contributed by atoms with Gasteiger partial charge in [0.15, 0.2) is 0 Å². The molecule has 0 aliphatic carbocycles. The zero-order valence-corrected chi connectivity index (χ0v) is 12.0. The fourth-order valence-corrected chi connectivity index (χ4v) is 2.22. The Bertz CT molecular complexity index is 656. The Kier molecular flexibility index (Phi) is 4.25. The third-order valence-corrected chi connectivity index (χ3v) is 3.43. The number of ether oxygens (including phenoxy) is 1. The lowest BCUT2D eigenvalue weighted by atomic mass is 10.1. The van der Waals surface area contributed by atoms with Crippen molar-refractivity contribution in [3.05, 3.63) is 63.2 Å². The first-order valence-electron chi connectivity index (χ1n) is 6.10. The van der Waals surface area contributed by atoms with Gasteiger partial charge in [0.05, 0.1) is 10.5 Å². The number of benzene rings is 2. The molecule has 0 aromatic heterocycles. The topological polar surface area (TPSA) is 52.4 Å². The maximum Gasteiger partial charge on any atom is 0.276 e. The van der Waals surface area contributed by atoms with E-state index in [2.05, 4.69) is 0 Å². The summed E-state index contributed by atoms with van der Waals surface area (Å²) in [5.74, 6) is 1.57. The third-order valence-electron chi connectivity index (χ3n) is 3.14. The number of aryl methyl sites for hydroxylation is 1. The van der Waals surface area contributed by atoms with Gasteiger partial charge in [0.25, 0.3) is 5.69 Å². The van der Waals surface area contributed by atoms with Crippen molar-refractivity contribution in [1.29, 1.82) is 0 Å². The van der Waals surface area contributed by atoms with Gasteiger partial charge >= 0.3 is 0 Å². The highest BCUT2D eigenvalue weighted by molar-refractivity contribution is 6.17. The van der Waals surface area contributed by atoms with E-state index in [4.69, 9.17) is 16.3 Å². The predicted molar refractivity (Wildman–Crippen MR) is 78.6 cm³/mol. The molecule has 0 heterocycles. The summed E-state index contributed by atoms with van der Waals surface area (Å²) in [6, 6.07) is 10.4. The number of hydrogen-bond acceptors (Lipinski definition) is 3. The summed E-state index contributed by atoms with van der Waals surface area (Å²) in [6.45, 7) is 3.62. The van der Waals surface area contributed by atoms with Crippen molar-refractivity contribution in [1.82, 2.24) is 0 Å². The quantitative estimate of drug-likeness (QED) is 0.464. The molecule has 104 valence electrons. The number of nitro groups is 1. The molecule has 4 nitrogen and oxygen atoms in total. The first-order valence-corrected chi connectivity index (χ1v) is 6.63. The van der Waals surface area contributed by atoms with Crippen LogP contribution in [0.1, 0.15) is 16.7 Å². The standard InChI is InChI=1S/C15H14ClNO3/c1-10-8-13(7-6-12(10)9-16)20-15-5-3-4-14(11(15)2)17(18)19/h3-8H,9H2,1-2H3. The summed E-state index contributed by atoms with van der Waals surface area (Å²) in [5, 5.41) is 10.9. The van der Waals surface area contributed by atoms with Crippen molar-refractivity contribution in [2.45, 2.75) is 19.7 Å². The van der Waals surface area contributed by atoms with Crippen LogP contribution in [0.5, 0.6) is 11.5 Å². The zero-order chi connectivity index (χ0) is 14.7. The van der Waals surface area contributed by atoms with E-state index in [0.29, 0.717) is 22.9 Å². The second-order valence-corrected chi connectivity index (χ2v) is 4.75. The Morgan fingerprint density at radius 1 is 1.25 bits per heavy atom. The van der Waals surface area contributed by atoms with E-state index >= 15 is 0 Å². The molecule has 0 spiro atoms. The number of nitro benzene ring substituents is 1. The molecular weight excluding hydrogens is 278 g/mol. The van der Waals surface area contributed by atoms with Crippen molar-refractivity contribution in [3.63, 3.8) is 0 Å². The summed E-state index contributed by atoms with van der Waals surface area (Å²) < 4.78 is 5.73. The summed E-state index contributed by atoms with van der Waals surface area (Å²) in [7, 11) is 0. The number of alkyl halides is 1. The molecule has 0 aliphatic heterocycles. The molecule has 0 radical (unpaired) electrons. The smallest absolute Gasteiger partial charge is 0.276 e. The van der Waals surface area contributed by atoms with Crippen LogP contribution in [-0.2, 0) is 5.88 Å². The third kappa shape index (κ3) is 2.91. The fraction of sp³-hybridized carbons (Fsp3) is 0.200. The molecule has 0 unspecified atom stereocenters. The molecule has 0 saturated heterocycles. The Morgan fingerprint density at radius 3 is 2.60 bits per heavy atom. The predicted octanol–water partition coefficient (Wildman–Crippen LogP) is 4.74. The molecule has 0 atom stereocenters. The zero-order valence-electron chi connectivity index (χ0n) is 11.2. The normalized spacial score (nSPS) is 10.3. The van der Waals surface area contributed by atoms with Crippen LogP contribution in [0.15, 0.2) is 36.4 Å². The van der Waals surface area contributed by atoms with Crippen LogP contribution in [0.25, 0.3) is 0 Å². The minimum absolute atomic E-state index is 0.0524. The van der Waals surface area contributed by atoms with Gasteiger partial charge in [-0.3, -0.25) is 10.1 Å². The van der Waals surface area contributed by atoms with Gasteiger partial charge in [0, 0.05) is 11.9 Å². The minimum atomic E-state index is -0.413. The molecule has 20 heavy (non-hydrogen) atoms. The maximum absolute atomic E-state index is 10.9. The first-order chi connectivity index (χ1) is 9.52. The van der Waals surface area contributed by atoms with E-state index in [-0.39, 0.29) is 5.69 Å². The molecule has 2 aromatic carbocycles. The van der Waals surface area contributed by atoms with Crippen molar-refractivity contribution in [2.75, 3.05) is 0 Å². The van der Waals surface area contributed by atoms with Crippen molar-refractivity contribution in [3.8, 4) is 11.5 Å². The van der Waals surface area contributed by atoms with E-state index in [1.165, 1.54) is 6.07 Å². The Morgan fingerprint density at radius 2 is 2.00 bits per heavy atom. The van der Waals surface area contributed by atoms with Crippen molar-refractivity contribution < 1.29 is 9.66 Å². The molecule has 2 rings (SSSR count). The Hall–Kier alpha value is -2.07. The Labute approximate surface area is 122 Å². The highest BCUT2D eigenvalue weighted by atomic mass is 35.5. The lowest BCUT2D eigenvalue weighted by Gasteiger charge is -2.10. The lowest BCUT2D eigenvalue weighted by Crippen LogP contribution is -1.95. The van der Waals surface area contributed by atoms with E-state index in [1.54, 1.807) is 19.1 Å². The molecular formula is C15H14ClNO3. The highest BCUT2D eigenvalue weighted by Crippen LogP contribution is 2.31. The number of hydrogen-bond donors (Lipinski definition) is 0. The minimum Gasteiger partial charge on any atom is -0.457 e. The number of halogens is 1. The number of nitrogens with zero attached hydrogens (tertiary/aromatic N) is 1. The van der Waals surface area contributed by atoms with Crippen molar-refractivity contribution >= 4 is 17.3 Å². The van der Waals surface area contributed by atoms with Gasteiger partial charge in [0.2, 0.25) is 0 Å². The van der Waals surface area contributed by atoms with Crippen LogP contribution in [0, 0.1) is 24.0 Å². The average Bonchev–Trinajstić information content (AvgIpc) is 2.41. The Balaban J connectivity index is 2.33. The van der Waals surface area contributed by atoms with Gasteiger partial charge in [-0.25, -0.2) is 0 Å². The van der Waals surface area contributed by atoms with Gasteiger partial charge in [-0.05, 0) is 43.2 Å². The van der Waals surface area contributed by atoms with Crippen molar-refractivity contribution in [2.24, 2.45) is 0 Å². The number of rotatable bonds is 4. The molecule has 0 bridgehead atoms. The molecule has 0 amide bonds. The first kappa shape index (κ1) is 14.3. The van der Waals surface area contributed by atoms with Gasteiger partial charge in [-0.2, -0.15) is 0 Å². The highest BCUT2D eigenvalue weighted by Gasteiger charge is 2.14. The van der Waals surface area contributed by atoms with E-state index in [9.17, 15) is 10.1 Å². The summed E-state index contributed by atoms with van der Waals surface area (Å²) >= 11 is 5.81. The maximum atomic E-state index is 10.9. The monoisotopic (exact) mass is 291 g/mol. The second-order valence-electron chi connectivity index (χ2n) is 4.48. The van der Waals surface area contributed by atoms with E-state index in [1.807, 2.05) is 25.1 Å². The van der Waals surface area contributed by atoms with Gasteiger partial charge in [0.1, 0.15) is 11.5 Å². The van der Waals surface area contributed by atoms with Crippen LogP contribution in [0.4, 0.5) is 5.69 Å². The van der Waals surface area contributed by atoms with Gasteiger partial charge in [-0.15, -0.1) is 11.6 Å². The molecule has 0 N–H and O–H groups in total. The average molecular weight is 292 g/mol. The summed E-state index contributed by atoms with van der Waals surface area (Å²) in [4.78, 5) is 10.5. The van der Waals surface area contributed by atoms with Gasteiger partial charge in [-0.1, -0.05) is 12.1 Å².